The fourth-order valence-corrected chi connectivity index (χ4v) is 0.408. The molecular formula is C4H6N2OS2. The van der Waals surface area contributed by atoms with Crippen LogP contribution in [0.4, 0.5) is 0 Å². The Balaban J connectivity index is 0.000000148. The second-order valence-electron chi connectivity index (χ2n) is 1.11. The molecule has 1 rings (SSSR count). The number of hydrogen-bond donors (Lipinski definition) is 1. The van der Waals surface area contributed by atoms with Crippen molar-refractivity contribution in [1.82, 2.24) is 9.59 Å². The molecule has 50 valence electrons. The van der Waals surface area contributed by atoms with Crippen molar-refractivity contribution in [2.75, 3.05) is 0 Å². The van der Waals surface area contributed by atoms with Gasteiger partial charge in [0.15, 0.2) is 5.05 Å². The summed E-state index contributed by atoms with van der Waals surface area (Å²) in [7, 11) is 0. The van der Waals surface area contributed by atoms with E-state index < -0.39 is 0 Å². The number of rotatable bonds is 0. The van der Waals surface area contributed by atoms with Crippen LogP contribution in [0.1, 0.15) is 6.92 Å². The van der Waals surface area contributed by atoms with Crippen molar-refractivity contribution in [2.24, 2.45) is 0 Å². The van der Waals surface area contributed by atoms with Crippen LogP contribution < -0.4 is 0 Å². The fraction of sp³-hybridized carbons (Fsp3) is 0.250. The van der Waals surface area contributed by atoms with E-state index in [1.165, 1.54) is 18.5 Å². The van der Waals surface area contributed by atoms with Gasteiger partial charge in [-0.1, -0.05) is 4.49 Å². The Morgan fingerprint density at radius 2 is 2.33 bits per heavy atom. The Kier molecular flexibility index (Phi) is 5.24. The number of aromatic nitrogens is 2. The van der Waals surface area contributed by atoms with Crippen LogP contribution in [-0.2, 0) is 0 Å². The van der Waals surface area contributed by atoms with Gasteiger partial charge in [0.05, 0.1) is 6.20 Å². The summed E-state index contributed by atoms with van der Waals surface area (Å²) in [5.74, 6) is 0. The highest BCUT2D eigenvalue weighted by Gasteiger charge is 1.61. The molecule has 0 spiro atoms. The van der Waals surface area contributed by atoms with Gasteiger partial charge >= 0.3 is 0 Å². The number of aliphatic hydroxyl groups excluding tert-OH is 1. The average molecular weight is 162 g/mol. The van der Waals surface area contributed by atoms with Crippen molar-refractivity contribution in [1.29, 1.82) is 0 Å². The van der Waals surface area contributed by atoms with Crippen LogP contribution in [0.25, 0.3) is 0 Å². The molecule has 5 heteroatoms. The second-order valence-corrected chi connectivity index (χ2v) is 2.34. The maximum atomic E-state index is 7.79. The molecule has 1 N–H and O–H groups in total. The smallest absolute Gasteiger partial charge is 0.153 e. The Morgan fingerprint density at radius 1 is 1.78 bits per heavy atom. The lowest BCUT2D eigenvalue weighted by Gasteiger charge is -1.64. The van der Waals surface area contributed by atoms with Crippen LogP contribution in [0.2, 0.25) is 0 Å². The maximum Gasteiger partial charge on any atom is 0.153 e. The van der Waals surface area contributed by atoms with Crippen molar-refractivity contribution in [2.45, 2.75) is 6.92 Å². The maximum absolute atomic E-state index is 7.79. The van der Waals surface area contributed by atoms with E-state index in [0.29, 0.717) is 0 Å². The van der Waals surface area contributed by atoms with Gasteiger partial charge in [0.2, 0.25) is 0 Å². The molecule has 0 fully saturated rings. The number of nitrogens with zero attached hydrogens (tertiary/aromatic N) is 2. The van der Waals surface area contributed by atoms with Gasteiger partial charge in [-0.15, -0.1) is 5.10 Å². The molecule has 0 unspecified atom stereocenters. The van der Waals surface area contributed by atoms with E-state index in [1.54, 1.807) is 6.20 Å². The molecule has 0 saturated heterocycles. The minimum atomic E-state index is 0.000000000000000222. The van der Waals surface area contributed by atoms with Crippen LogP contribution in [0, 0.1) is 0 Å². The van der Waals surface area contributed by atoms with E-state index in [9.17, 15) is 0 Å². The first-order chi connectivity index (χ1) is 4.23. The molecule has 0 bridgehead atoms. The molecule has 0 aliphatic rings. The van der Waals surface area contributed by atoms with Gasteiger partial charge in [-0.05, 0) is 23.8 Å². The molecule has 1 aromatic heterocycles. The first-order valence-corrected chi connectivity index (χ1v) is 3.38. The summed E-state index contributed by atoms with van der Waals surface area (Å²) in [6.45, 7) is 1.45. The largest absolute Gasteiger partial charge is 0.502 e. The van der Waals surface area contributed by atoms with Gasteiger partial charge in [-0.3, -0.25) is 0 Å². The van der Waals surface area contributed by atoms with Gasteiger partial charge in [0.25, 0.3) is 0 Å². The first-order valence-electron chi connectivity index (χ1n) is 2.14. The van der Waals surface area contributed by atoms with E-state index in [2.05, 4.69) is 21.8 Å². The van der Waals surface area contributed by atoms with Gasteiger partial charge in [-0.25, -0.2) is 0 Å². The zero-order valence-corrected chi connectivity index (χ0v) is 6.45. The predicted octanol–water partition coefficient (Wildman–Crippen LogP) is 1.43. The van der Waals surface area contributed by atoms with E-state index in [1.807, 2.05) is 5.38 Å². The third-order valence-corrected chi connectivity index (χ3v) is 0.715. The highest BCUT2D eigenvalue weighted by Crippen LogP contribution is 1.78. The van der Waals surface area contributed by atoms with Crippen LogP contribution in [0.15, 0.2) is 11.6 Å². The Labute approximate surface area is 62.5 Å². The van der Waals surface area contributed by atoms with Crippen LogP contribution in [0.5, 0.6) is 0 Å². The normalized spacial score (nSPS) is 7.22. The summed E-state index contributed by atoms with van der Waals surface area (Å²) in [6, 6.07) is 0. The molecule has 1 heterocycles. The van der Waals surface area contributed by atoms with Crippen molar-refractivity contribution in [3.8, 4) is 0 Å². The van der Waals surface area contributed by atoms with Crippen LogP contribution >= 0.6 is 23.8 Å². The zero-order valence-electron chi connectivity index (χ0n) is 4.81. The third-order valence-electron chi connectivity index (χ3n) is 0.283. The van der Waals surface area contributed by atoms with Crippen molar-refractivity contribution in [3.05, 3.63) is 11.6 Å². The quantitative estimate of drug-likeness (QED) is 0.586. The van der Waals surface area contributed by atoms with Gasteiger partial charge < -0.3 is 5.11 Å². The highest BCUT2D eigenvalue weighted by molar-refractivity contribution is 7.79. The predicted molar refractivity (Wildman–Crippen MR) is 40.8 cm³/mol. The minimum Gasteiger partial charge on any atom is -0.502 e. The summed E-state index contributed by atoms with van der Waals surface area (Å²) in [4.78, 5) is 0. The summed E-state index contributed by atoms with van der Waals surface area (Å²) in [6.07, 6.45) is 1.66. The van der Waals surface area contributed by atoms with Gasteiger partial charge in [0, 0.05) is 12.3 Å². The topological polar surface area (TPSA) is 46.0 Å². The molecule has 0 amide bonds. The van der Waals surface area contributed by atoms with Gasteiger partial charge in [0.1, 0.15) is 0 Å². The molecule has 0 aromatic carbocycles. The van der Waals surface area contributed by atoms with Crippen LogP contribution in [-0.4, -0.2) is 19.7 Å². The van der Waals surface area contributed by atoms with E-state index >= 15 is 0 Å². The fourth-order valence-electron chi connectivity index (χ4n) is 0.136. The molecule has 0 atom stereocenters. The SMILES string of the molecule is CC(O)=S.c1csnn1. The molecule has 0 aliphatic carbocycles. The summed E-state index contributed by atoms with van der Waals surface area (Å²) in [5.41, 5.74) is 0. The molecule has 0 saturated carbocycles. The summed E-state index contributed by atoms with van der Waals surface area (Å²) >= 11 is 5.44. The Hall–Kier alpha value is -0.550. The van der Waals surface area contributed by atoms with Gasteiger partial charge in [-0.2, -0.15) is 0 Å². The summed E-state index contributed by atoms with van der Waals surface area (Å²) in [5, 5.41) is 13.1. The van der Waals surface area contributed by atoms with E-state index in [0.717, 1.165) is 0 Å². The number of aliphatic hydroxyl groups is 1. The monoisotopic (exact) mass is 162 g/mol. The standard InChI is InChI=1S/C2H2N2S.C2H4OS/c1-2-5-4-3-1;1-2(3)4/h1-2H;1H3,(H,3,4). The minimum absolute atomic E-state index is 0.000000000000000222. The van der Waals surface area contributed by atoms with E-state index in [4.69, 9.17) is 5.11 Å². The highest BCUT2D eigenvalue weighted by atomic mass is 32.1. The van der Waals surface area contributed by atoms with E-state index in [-0.39, 0.29) is 5.05 Å². The Morgan fingerprint density at radius 3 is 2.44 bits per heavy atom. The lowest BCUT2D eigenvalue weighted by Crippen LogP contribution is -1.72. The molecule has 1 aromatic rings. The molecule has 0 radical (unpaired) electrons. The molecule has 0 aliphatic heterocycles. The summed E-state index contributed by atoms with van der Waals surface area (Å²) < 4.78 is 3.51. The van der Waals surface area contributed by atoms with Crippen LogP contribution in [0.3, 0.4) is 0 Å². The molecular weight excluding hydrogens is 156 g/mol. The number of thiocarbonyl (C=S) groups is 1. The number of hydrogen-bond acceptors (Lipinski definition) is 4. The average Bonchev–Trinajstić information content (AvgIpc) is 2.11. The van der Waals surface area contributed by atoms with Crippen molar-refractivity contribution < 1.29 is 5.11 Å². The lowest BCUT2D eigenvalue weighted by atomic mass is 10.9. The zero-order chi connectivity index (χ0) is 7.11. The van der Waals surface area contributed by atoms with Crippen molar-refractivity contribution in [3.63, 3.8) is 0 Å². The first kappa shape index (κ1) is 8.45. The second kappa shape index (κ2) is 5.58. The third kappa shape index (κ3) is 11.2. The lowest BCUT2D eigenvalue weighted by molar-refractivity contribution is 0.565. The Bertz CT molecular complexity index is 130. The molecule has 9 heavy (non-hydrogen) atoms. The van der Waals surface area contributed by atoms with Crippen molar-refractivity contribution >= 4 is 28.8 Å². The molecule has 3 nitrogen and oxygen atoms in total.